The summed E-state index contributed by atoms with van der Waals surface area (Å²) >= 11 is 0. The molecular formula is C13H19FN2O. The van der Waals surface area contributed by atoms with Crippen LogP contribution in [-0.2, 0) is 0 Å². The third-order valence-electron chi connectivity index (χ3n) is 3.35. The van der Waals surface area contributed by atoms with E-state index in [4.69, 9.17) is 4.74 Å². The number of ether oxygens (including phenoxy) is 1. The molecule has 1 atom stereocenters. The Labute approximate surface area is 102 Å². The van der Waals surface area contributed by atoms with Crippen LogP contribution in [0.1, 0.15) is 18.5 Å². The van der Waals surface area contributed by atoms with E-state index in [1.807, 2.05) is 6.92 Å². The third kappa shape index (κ3) is 2.76. The minimum atomic E-state index is -0.156. The van der Waals surface area contributed by atoms with E-state index >= 15 is 0 Å². The molecule has 0 unspecified atom stereocenters. The van der Waals surface area contributed by atoms with Gasteiger partial charge in [0.2, 0.25) is 0 Å². The Balaban J connectivity index is 2.19. The highest BCUT2D eigenvalue weighted by Crippen LogP contribution is 2.26. The molecule has 0 aromatic heterocycles. The smallest absolute Gasteiger partial charge is 0.128 e. The molecule has 3 nitrogen and oxygen atoms in total. The maximum atomic E-state index is 13.8. The Hall–Kier alpha value is -1.13. The number of hydrogen-bond acceptors (Lipinski definition) is 3. The van der Waals surface area contributed by atoms with Crippen molar-refractivity contribution in [3.8, 4) is 5.75 Å². The van der Waals surface area contributed by atoms with Crippen LogP contribution >= 0.6 is 0 Å². The van der Waals surface area contributed by atoms with Crippen LogP contribution in [0.4, 0.5) is 4.39 Å². The lowest BCUT2D eigenvalue weighted by Crippen LogP contribution is -2.44. The number of methoxy groups -OCH3 is 1. The minimum Gasteiger partial charge on any atom is -0.497 e. The molecule has 1 heterocycles. The summed E-state index contributed by atoms with van der Waals surface area (Å²) in [6, 6.07) is 5.02. The van der Waals surface area contributed by atoms with Crippen molar-refractivity contribution in [3.05, 3.63) is 29.6 Å². The van der Waals surface area contributed by atoms with Gasteiger partial charge in [-0.25, -0.2) is 4.39 Å². The van der Waals surface area contributed by atoms with E-state index in [1.165, 1.54) is 6.07 Å². The summed E-state index contributed by atoms with van der Waals surface area (Å²) in [4.78, 5) is 2.29. The van der Waals surface area contributed by atoms with Gasteiger partial charge in [-0.15, -0.1) is 0 Å². The van der Waals surface area contributed by atoms with Crippen molar-refractivity contribution in [2.75, 3.05) is 33.3 Å². The van der Waals surface area contributed by atoms with Gasteiger partial charge in [-0.2, -0.15) is 0 Å². The fourth-order valence-corrected chi connectivity index (χ4v) is 2.24. The first-order valence-corrected chi connectivity index (χ1v) is 6.00. The van der Waals surface area contributed by atoms with Crippen molar-refractivity contribution in [1.82, 2.24) is 10.2 Å². The van der Waals surface area contributed by atoms with Gasteiger partial charge in [0.15, 0.2) is 0 Å². The van der Waals surface area contributed by atoms with Gasteiger partial charge in [0.05, 0.1) is 7.11 Å². The molecule has 1 fully saturated rings. The maximum absolute atomic E-state index is 13.8. The monoisotopic (exact) mass is 238 g/mol. The number of rotatable bonds is 3. The Morgan fingerprint density at radius 3 is 2.71 bits per heavy atom. The van der Waals surface area contributed by atoms with Crippen molar-refractivity contribution < 1.29 is 9.13 Å². The van der Waals surface area contributed by atoms with E-state index in [-0.39, 0.29) is 11.9 Å². The SMILES string of the molecule is COc1ccc(F)c([C@H](C)N2CCNCC2)c1. The van der Waals surface area contributed by atoms with Gasteiger partial charge in [0, 0.05) is 37.8 Å². The highest BCUT2D eigenvalue weighted by Gasteiger charge is 2.20. The van der Waals surface area contributed by atoms with E-state index in [2.05, 4.69) is 10.2 Å². The van der Waals surface area contributed by atoms with Gasteiger partial charge in [-0.05, 0) is 25.1 Å². The Morgan fingerprint density at radius 2 is 2.06 bits per heavy atom. The molecule has 0 spiro atoms. The molecule has 1 N–H and O–H groups in total. The molecule has 17 heavy (non-hydrogen) atoms. The van der Waals surface area contributed by atoms with Crippen LogP contribution in [0.2, 0.25) is 0 Å². The molecule has 0 saturated carbocycles. The molecular weight excluding hydrogens is 219 g/mol. The van der Waals surface area contributed by atoms with Crippen LogP contribution in [0.25, 0.3) is 0 Å². The van der Waals surface area contributed by atoms with Gasteiger partial charge in [0.25, 0.3) is 0 Å². The zero-order chi connectivity index (χ0) is 12.3. The first-order valence-electron chi connectivity index (χ1n) is 6.00. The van der Waals surface area contributed by atoms with Crippen LogP contribution in [0.15, 0.2) is 18.2 Å². The largest absolute Gasteiger partial charge is 0.497 e. The minimum absolute atomic E-state index is 0.0900. The number of halogens is 1. The zero-order valence-corrected chi connectivity index (χ0v) is 10.4. The van der Waals surface area contributed by atoms with Crippen LogP contribution < -0.4 is 10.1 Å². The van der Waals surface area contributed by atoms with Gasteiger partial charge >= 0.3 is 0 Å². The molecule has 1 saturated heterocycles. The first-order chi connectivity index (χ1) is 8.22. The molecule has 0 amide bonds. The zero-order valence-electron chi connectivity index (χ0n) is 10.4. The quantitative estimate of drug-likeness (QED) is 0.869. The summed E-state index contributed by atoms with van der Waals surface area (Å²) < 4.78 is 19.0. The summed E-state index contributed by atoms with van der Waals surface area (Å²) in [5.74, 6) is 0.556. The second-order valence-electron chi connectivity index (χ2n) is 4.35. The first kappa shape index (κ1) is 12.3. The average molecular weight is 238 g/mol. The van der Waals surface area contributed by atoms with Crippen molar-refractivity contribution in [3.63, 3.8) is 0 Å². The van der Waals surface area contributed by atoms with Gasteiger partial charge in [-0.3, -0.25) is 4.90 Å². The number of hydrogen-bond donors (Lipinski definition) is 1. The lowest BCUT2D eigenvalue weighted by atomic mass is 10.1. The molecule has 0 aliphatic carbocycles. The van der Waals surface area contributed by atoms with Gasteiger partial charge < -0.3 is 10.1 Å². The summed E-state index contributed by atoms with van der Waals surface area (Å²) in [6.45, 7) is 5.89. The second-order valence-corrected chi connectivity index (χ2v) is 4.35. The predicted octanol–water partition coefficient (Wildman–Crippen LogP) is 1.80. The number of piperazine rings is 1. The highest BCUT2D eigenvalue weighted by atomic mass is 19.1. The van der Waals surface area contributed by atoms with Crippen LogP contribution in [0.3, 0.4) is 0 Å². The molecule has 0 radical (unpaired) electrons. The lowest BCUT2D eigenvalue weighted by molar-refractivity contribution is 0.182. The highest BCUT2D eigenvalue weighted by molar-refractivity contribution is 5.31. The number of nitrogens with zero attached hydrogens (tertiary/aromatic N) is 1. The molecule has 0 bridgehead atoms. The summed E-state index contributed by atoms with van der Waals surface area (Å²) in [5, 5.41) is 3.30. The second kappa shape index (κ2) is 5.47. The summed E-state index contributed by atoms with van der Waals surface area (Å²) in [6.07, 6.45) is 0. The Morgan fingerprint density at radius 1 is 1.35 bits per heavy atom. The summed E-state index contributed by atoms with van der Waals surface area (Å²) in [5.41, 5.74) is 0.714. The molecule has 2 rings (SSSR count). The molecule has 94 valence electrons. The van der Waals surface area contributed by atoms with Crippen molar-refractivity contribution in [2.24, 2.45) is 0 Å². The van der Waals surface area contributed by atoms with Gasteiger partial charge in [-0.1, -0.05) is 0 Å². The van der Waals surface area contributed by atoms with Crippen molar-refractivity contribution >= 4 is 0 Å². The van der Waals surface area contributed by atoms with E-state index in [0.29, 0.717) is 11.3 Å². The topological polar surface area (TPSA) is 24.5 Å². The maximum Gasteiger partial charge on any atom is 0.128 e. The van der Waals surface area contributed by atoms with Crippen LogP contribution in [0, 0.1) is 5.82 Å². The summed E-state index contributed by atoms with van der Waals surface area (Å²) in [7, 11) is 1.60. The van der Waals surface area contributed by atoms with Gasteiger partial charge in [0.1, 0.15) is 11.6 Å². The molecule has 1 aliphatic rings. The Kier molecular flexibility index (Phi) is 3.97. The van der Waals surface area contributed by atoms with E-state index < -0.39 is 0 Å². The fourth-order valence-electron chi connectivity index (χ4n) is 2.24. The predicted molar refractivity (Wildman–Crippen MR) is 65.8 cm³/mol. The van der Waals surface area contributed by atoms with Crippen LogP contribution in [0.5, 0.6) is 5.75 Å². The molecule has 1 aliphatic heterocycles. The molecule has 1 aromatic carbocycles. The molecule has 1 aromatic rings. The Bertz CT molecular complexity index is 378. The van der Waals surface area contributed by atoms with E-state index in [1.54, 1.807) is 19.2 Å². The normalized spacial score (nSPS) is 19.0. The number of benzene rings is 1. The molecule has 4 heteroatoms. The van der Waals surface area contributed by atoms with Crippen molar-refractivity contribution in [1.29, 1.82) is 0 Å². The number of nitrogens with one attached hydrogen (secondary N) is 1. The third-order valence-corrected chi connectivity index (χ3v) is 3.35. The average Bonchev–Trinajstić information content (AvgIpc) is 2.39. The van der Waals surface area contributed by atoms with Crippen molar-refractivity contribution in [2.45, 2.75) is 13.0 Å². The van der Waals surface area contributed by atoms with E-state index in [0.717, 1.165) is 26.2 Å². The van der Waals surface area contributed by atoms with E-state index in [9.17, 15) is 4.39 Å². The fraction of sp³-hybridized carbons (Fsp3) is 0.538. The van der Waals surface area contributed by atoms with Crippen LogP contribution in [-0.4, -0.2) is 38.2 Å². The lowest BCUT2D eigenvalue weighted by Gasteiger charge is -2.33. The standard InChI is InChI=1S/C13H19FN2O/c1-10(16-7-5-15-6-8-16)12-9-11(17-2)3-4-13(12)14/h3-4,9-10,15H,5-8H2,1-2H3/t10-/m0/s1.